The van der Waals surface area contributed by atoms with Crippen molar-refractivity contribution in [1.82, 2.24) is 0 Å². The third-order valence-electron chi connectivity index (χ3n) is 6.68. The van der Waals surface area contributed by atoms with Crippen molar-refractivity contribution in [2.75, 3.05) is 13.7 Å². The van der Waals surface area contributed by atoms with Gasteiger partial charge in [0, 0.05) is 12.7 Å². The highest BCUT2D eigenvalue weighted by atomic mass is 32.2. The third-order valence-corrected chi connectivity index (χ3v) is 9.33. The molecule has 0 amide bonds. The first kappa shape index (κ1) is 28.8. The summed E-state index contributed by atoms with van der Waals surface area (Å²) in [5.41, 5.74) is 2.39. The second-order valence-electron chi connectivity index (χ2n) is 9.61. The molecular formula is C28H30O10S2. The van der Waals surface area contributed by atoms with E-state index in [2.05, 4.69) is 0 Å². The summed E-state index contributed by atoms with van der Waals surface area (Å²) >= 11 is 0. The normalized spacial score (nSPS) is 27.2. The number of ether oxygens (including phenoxy) is 4. The first-order chi connectivity index (χ1) is 19.1. The number of benzene rings is 3. The largest absolute Gasteiger partial charge is 0.353 e. The summed E-state index contributed by atoms with van der Waals surface area (Å²) < 4.78 is 88.4. The second-order valence-corrected chi connectivity index (χ2v) is 12.8. The van der Waals surface area contributed by atoms with Crippen molar-refractivity contribution in [2.45, 2.75) is 60.6 Å². The van der Waals surface area contributed by atoms with Gasteiger partial charge in [-0.1, -0.05) is 65.7 Å². The molecule has 2 aliphatic heterocycles. The topological polar surface area (TPSA) is 124 Å². The van der Waals surface area contributed by atoms with Crippen LogP contribution in [0, 0.1) is 13.8 Å². The maximum absolute atomic E-state index is 13.5. The zero-order valence-electron chi connectivity index (χ0n) is 22.1. The van der Waals surface area contributed by atoms with Crippen molar-refractivity contribution < 1.29 is 44.1 Å². The molecule has 3 aromatic carbocycles. The molecule has 2 aliphatic rings. The van der Waals surface area contributed by atoms with Crippen molar-refractivity contribution in [3.05, 3.63) is 95.6 Å². The summed E-state index contributed by atoms with van der Waals surface area (Å²) in [6.45, 7) is 3.65. The van der Waals surface area contributed by atoms with Gasteiger partial charge in [0.15, 0.2) is 18.7 Å². The third kappa shape index (κ3) is 6.14. The van der Waals surface area contributed by atoms with Crippen LogP contribution in [0.1, 0.15) is 23.0 Å². The lowest BCUT2D eigenvalue weighted by Crippen LogP contribution is -2.64. The Balaban J connectivity index is 1.53. The van der Waals surface area contributed by atoms with E-state index in [1.165, 1.54) is 31.4 Å². The Bertz CT molecular complexity index is 1510. The van der Waals surface area contributed by atoms with E-state index in [1.807, 2.05) is 32.0 Å². The quantitative estimate of drug-likeness (QED) is 0.359. The molecule has 12 heteroatoms. The fraction of sp³-hybridized carbons (Fsp3) is 0.357. The molecule has 0 spiro atoms. The Kier molecular flexibility index (Phi) is 8.41. The van der Waals surface area contributed by atoms with Crippen LogP contribution in [0.2, 0.25) is 0 Å². The summed E-state index contributed by atoms with van der Waals surface area (Å²) in [6, 6.07) is 21.2. The molecule has 0 bridgehead atoms. The van der Waals surface area contributed by atoms with Gasteiger partial charge in [0.1, 0.15) is 18.3 Å². The fourth-order valence-corrected chi connectivity index (χ4v) is 6.71. The summed E-state index contributed by atoms with van der Waals surface area (Å²) in [5.74, 6) is 0. The first-order valence-corrected chi connectivity index (χ1v) is 15.4. The minimum Gasteiger partial charge on any atom is -0.353 e. The average molecular weight is 591 g/mol. The molecule has 0 N–H and O–H groups in total. The van der Waals surface area contributed by atoms with Crippen LogP contribution in [0.4, 0.5) is 0 Å². The minimum atomic E-state index is -4.41. The number of aryl methyl sites for hydroxylation is 2. The Morgan fingerprint density at radius 3 is 1.75 bits per heavy atom. The monoisotopic (exact) mass is 590 g/mol. The van der Waals surface area contributed by atoms with Crippen LogP contribution < -0.4 is 0 Å². The highest BCUT2D eigenvalue weighted by Gasteiger charge is 2.54. The van der Waals surface area contributed by atoms with E-state index in [9.17, 15) is 16.8 Å². The maximum atomic E-state index is 13.5. The average Bonchev–Trinajstić information content (AvgIpc) is 2.94. The Labute approximate surface area is 234 Å². The molecule has 0 aromatic heterocycles. The number of rotatable bonds is 8. The first-order valence-electron chi connectivity index (χ1n) is 12.6. The molecule has 5 rings (SSSR count). The van der Waals surface area contributed by atoms with Gasteiger partial charge in [-0.3, -0.25) is 8.37 Å². The number of hydrogen-bond acceptors (Lipinski definition) is 10. The molecule has 214 valence electrons. The van der Waals surface area contributed by atoms with Crippen molar-refractivity contribution in [1.29, 1.82) is 0 Å². The smallest absolute Gasteiger partial charge is 0.297 e. The molecule has 3 aromatic rings. The molecule has 2 heterocycles. The van der Waals surface area contributed by atoms with E-state index in [1.54, 1.807) is 36.4 Å². The lowest BCUT2D eigenvalue weighted by atomic mass is 9.98. The van der Waals surface area contributed by atoms with Crippen LogP contribution >= 0.6 is 0 Å². The van der Waals surface area contributed by atoms with Gasteiger partial charge in [-0.15, -0.1) is 0 Å². The van der Waals surface area contributed by atoms with Gasteiger partial charge in [-0.05, 0) is 38.1 Å². The highest BCUT2D eigenvalue weighted by molar-refractivity contribution is 7.87. The fourth-order valence-electron chi connectivity index (χ4n) is 4.54. The van der Waals surface area contributed by atoms with Crippen molar-refractivity contribution >= 4 is 20.2 Å². The SMILES string of the molecule is CO[C@H]1O[C@@H]2CO[C@H](c3ccccc3)O[C@H]2[C@H](OS(=O)(=O)c2ccc(C)cc2)[C@H]1OS(=O)(=O)c1ccc(C)cc1. The van der Waals surface area contributed by atoms with Crippen LogP contribution in [0.5, 0.6) is 0 Å². The van der Waals surface area contributed by atoms with Gasteiger partial charge in [0.25, 0.3) is 20.2 Å². The van der Waals surface area contributed by atoms with Crippen molar-refractivity contribution in [3.63, 3.8) is 0 Å². The van der Waals surface area contributed by atoms with Crippen LogP contribution in [0.15, 0.2) is 88.7 Å². The van der Waals surface area contributed by atoms with Gasteiger partial charge in [0.2, 0.25) is 0 Å². The maximum Gasteiger partial charge on any atom is 0.297 e. The molecule has 0 radical (unpaired) electrons. The second kappa shape index (κ2) is 11.7. The standard InChI is InChI=1S/C28H30O10S2/c1-18-9-13-21(14-10-18)39(29,30)37-25-24-23(17-34-27(36-24)20-7-5-4-6-8-20)35-28(33-3)26(25)38-40(31,32)22-15-11-19(2)12-16-22/h4-16,23-28H,17H2,1-3H3/t23-,24-,25+,26-,27+,28+/m1/s1. The molecule has 10 nitrogen and oxygen atoms in total. The van der Waals surface area contributed by atoms with E-state index in [-0.39, 0.29) is 16.4 Å². The molecular weight excluding hydrogens is 560 g/mol. The zero-order chi connectivity index (χ0) is 28.5. The number of hydrogen-bond donors (Lipinski definition) is 0. The van der Waals surface area contributed by atoms with Gasteiger partial charge < -0.3 is 18.9 Å². The van der Waals surface area contributed by atoms with Crippen LogP contribution in [-0.2, 0) is 47.5 Å². The van der Waals surface area contributed by atoms with E-state index in [4.69, 9.17) is 27.3 Å². The summed E-state index contributed by atoms with van der Waals surface area (Å²) in [6.07, 6.45) is -7.17. The van der Waals surface area contributed by atoms with Crippen molar-refractivity contribution in [3.8, 4) is 0 Å². The van der Waals surface area contributed by atoms with Crippen LogP contribution in [-0.4, -0.2) is 61.3 Å². The van der Waals surface area contributed by atoms with E-state index >= 15 is 0 Å². The predicted octanol–water partition coefficient (Wildman–Crippen LogP) is 3.64. The van der Waals surface area contributed by atoms with Crippen molar-refractivity contribution in [2.24, 2.45) is 0 Å². The molecule has 6 atom stereocenters. The summed E-state index contributed by atoms with van der Waals surface area (Å²) in [5, 5.41) is 0. The van der Waals surface area contributed by atoms with Gasteiger partial charge in [0.05, 0.1) is 16.4 Å². The lowest BCUT2D eigenvalue weighted by molar-refractivity contribution is -0.351. The molecule has 0 aliphatic carbocycles. The predicted molar refractivity (Wildman–Crippen MR) is 142 cm³/mol. The zero-order valence-corrected chi connectivity index (χ0v) is 23.7. The Hall–Kier alpha value is -2.68. The Morgan fingerprint density at radius 1 is 0.700 bits per heavy atom. The van der Waals surface area contributed by atoms with Crippen LogP contribution in [0.25, 0.3) is 0 Å². The van der Waals surface area contributed by atoms with Crippen LogP contribution in [0.3, 0.4) is 0 Å². The summed E-state index contributed by atoms with van der Waals surface area (Å²) in [7, 11) is -7.52. The van der Waals surface area contributed by atoms with E-state index in [0.29, 0.717) is 5.56 Å². The van der Waals surface area contributed by atoms with E-state index in [0.717, 1.165) is 11.1 Å². The highest BCUT2D eigenvalue weighted by Crippen LogP contribution is 2.38. The van der Waals surface area contributed by atoms with Gasteiger partial charge in [-0.2, -0.15) is 16.8 Å². The minimum absolute atomic E-state index is 0.00591. The molecule has 0 unspecified atom stereocenters. The van der Waals surface area contributed by atoms with E-state index < -0.39 is 57.2 Å². The Morgan fingerprint density at radius 2 is 1.23 bits per heavy atom. The number of methoxy groups -OCH3 is 1. The molecule has 2 fully saturated rings. The lowest BCUT2D eigenvalue weighted by Gasteiger charge is -2.47. The van der Waals surface area contributed by atoms with Gasteiger partial charge in [-0.25, -0.2) is 0 Å². The molecule has 40 heavy (non-hydrogen) atoms. The van der Waals surface area contributed by atoms with Gasteiger partial charge >= 0.3 is 0 Å². The summed E-state index contributed by atoms with van der Waals surface area (Å²) in [4.78, 5) is -0.229. The molecule has 2 saturated heterocycles. The molecule has 0 saturated carbocycles. The number of fused-ring (bicyclic) bond motifs is 1.